The van der Waals surface area contributed by atoms with Crippen LogP contribution < -0.4 is 10.6 Å². The standard InChI is InChI=1S/C38H57FN4O5/c1-6-9-12-21-33(44)36(46)32(25-29-19-15-11-16-20-29)40-38(48)35(30(7-2)8-3)41-37(47)31(24-28-17-13-10-14-18-28)26-34(45)43(5)23-22-42(4)27-39/h1-2,10,13-14,17-18,29-33,35-36,44,46H,8-9,11-12,15-16,19-27H2,3-5H3,(H,40,48)(H,41,47). The fourth-order valence-electron chi connectivity index (χ4n) is 6.29. The van der Waals surface area contributed by atoms with Crippen LogP contribution in [0, 0.1) is 42.4 Å². The van der Waals surface area contributed by atoms with E-state index < -0.39 is 54.7 Å². The zero-order valence-corrected chi connectivity index (χ0v) is 29.1. The molecule has 1 aliphatic carbocycles. The predicted molar refractivity (Wildman–Crippen MR) is 187 cm³/mol. The van der Waals surface area contributed by atoms with Crippen LogP contribution in [0.5, 0.6) is 0 Å². The SMILES string of the molecule is C#CCCCC(O)C(O)C(CC1CCCCC1)NC(=O)C(NC(=O)C(CC(=O)N(C)CCN(C)CF)Cc1ccccc1)C(C#C)CC. The largest absolute Gasteiger partial charge is 0.390 e. The Bertz CT molecular complexity index is 1200. The Kier molecular flexibility index (Phi) is 18.9. The van der Waals surface area contributed by atoms with E-state index in [9.17, 15) is 29.0 Å². The number of aliphatic hydroxyl groups excluding tert-OH is 2. The van der Waals surface area contributed by atoms with Crippen molar-refractivity contribution in [3.8, 4) is 24.7 Å². The number of halogens is 1. The number of nitrogens with one attached hydrogen (secondary N) is 2. The van der Waals surface area contributed by atoms with Gasteiger partial charge in [0.25, 0.3) is 0 Å². The summed E-state index contributed by atoms with van der Waals surface area (Å²) in [6, 6.07) is 7.43. The summed E-state index contributed by atoms with van der Waals surface area (Å²) in [6.07, 6.45) is 16.5. The van der Waals surface area contributed by atoms with Crippen molar-refractivity contribution < 1.29 is 29.0 Å². The van der Waals surface area contributed by atoms with E-state index >= 15 is 0 Å². The van der Waals surface area contributed by atoms with E-state index in [0.717, 1.165) is 37.7 Å². The van der Waals surface area contributed by atoms with Crippen LogP contribution in [0.25, 0.3) is 0 Å². The number of carbonyl (C=O) groups excluding carboxylic acids is 3. The lowest BCUT2D eigenvalue weighted by Gasteiger charge is -2.34. The van der Waals surface area contributed by atoms with E-state index in [2.05, 4.69) is 22.5 Å². The summed E-state index contributed by atoms with van der Waals surface area (Å²) in [7, 11) is 3.23. The Morgan fingerprint density at radius 1 is 1.02 bits per heavy atom. The molecule has 4 N–H and O–H groups in total. The maximum absolute atomic E-state index is 14.0. The zero-order chi connectivity index (χ0) is 35.5. The van der Waals surface area contributed by atoms with E-state index in [1.54, 1.807) is 14.1 Å². The second-order valence-electron chi connectivity index (χ2n) is 13.3. The Labute approximate surface area is 287 Å². The molecule has 6 atom stereocenters. The molecule has 48 heavy (non-hydrogen) atoms. The number of aliphatic hydroxyl groups is 2. The number of terminal acetylenes is 2. The van der Waals surface area contributed by atoms with Crippen LogP contribution in [-0.4, -0.2) is 96.0 Å². The number of benzene rings is 1. The van der Waals surface area contributed by atoms with Crippen LogP contribution in [0.1, 0.15) is 83.1 Å². The van der Waals surface area contributed by atoms with E-state index in [0.29, 0.717) is 32.2 Å². The lowest BCUT2D eigenvalue weighted by atomic mass is 9.82. The van der Waals surface area contributed by atoms with Crippen LogP contribution in [0.3, 0.4) is 0 Å². The van der Waals surface area contributed by atoms with Crippen molar-refractivity contribution in [2.24, 2.45) is 17.8 Å². The summed E-state index contributed by atoms with van der Waals surface area (Å²) in [4.78, 5) is 44.1. The molecule has 3 amide bonds. The van der Waals surface area contributed by atoms with E-state index in [-0.39, 0.29) is 37.6 Å². The van der Waals surface area contributed by atoms with Crippen LogP contribution in [0.15, 0.2) is 30.3 Å². The minimum atomic E-state index is -1.23. The van der Waals surface area contributed by atoms with Crippen molar-refractivity contribution in [3.63, 3.8) is 0 Å². The highest BCUT2D eigenvalue weighted by Gasteiger charge is 2.36. The van der Waals surface area contributed by atoms with Crippen molar-refractivity contribution in [1.82, 2.24) is 20.4 Å². The quantitative estimate of drug-likeness (QED) is 0.0902. The van der Waals surface area contributed by atoms with Gasteiger partial charge in [-0.25, -0.2) is 4.39 Å². The fraction of sp³-hybridized carbons (Fsp3) is 0.658. The molecule has 0 bridgehead atoms. The molecule has 10 heteroatoms. The normalized spacial score (nSPS) is 17.2. The second-order valence-corrected chi connectivity index (χ2v) is 13.3. The minimum Gasteiger partial charge on any atom is -0.390 e. The van der Waals surface area contributed by atoms with Crippen molar-refractivity contribution in [2.75, 3.05) is 34.0 Å². The van der Waals surface area contributed by atoms with Crippen LogP contribution in [0.4, 0.5) is 4.39 Å². The monoisotopic (exact) mass is 668 g/mol. The van der Waals surface area contributed by atoms with Gasteiger partial charge in [-0.1, -0.05) is 69.4 Å². The summed E-state index contributed by atoms with van der Waals surface area (Å²) in [5.41, 5.74) is 0.852. The summed E-state index contributed by atoms with van der Waals surface area (Å²) in [5.74, 6) is 2.68. The first kappa shape index (κ1) is 40.7. The Hall–Kier alpha value is -3.44. The van der Waals surface area contributed by atoms with Gasteiger partial charge in [0, 0.05) is 38.9 Å². The topological polar surface area (TPSA) is 122 Å². The molecule has 0 aliphatic heterocycles. The van der Waals surface area contributed by atoms with Crippen LogP contribution >= 0.6 is 0 Å². The number of unbranched alkanes of at least 4 members (excludes halogenated alkanes) is 1. The second kappa shape index (κ2) is 22.2. The van der Waals surface area contributed by atoms with E-state index in [4.69, 9.17) is 12.8 Å². The third kappa shape index (κ3) is 14.0. The van der Waals surface area contributed by atoms with Crippen molar-refractivity contribution in [3.05, 3.63) is 35.9 Å². The molecular formula is C38H57FN4O5. The average Bonchev–Trinajstić information content (AvgIpc) is 3.10. The molecule has 2 rings (SSSR count). The number of nitrogens with zero attached hydrogens (tertiary/aromatic N) is 2. The Morgan fingerprint density at radius 2 is 1.71 bits per heavy atom. The number of hydrogen-bond acceptors (Lipinski definition) is 6. The van der Waals surface area contributed by atoms with Crippen molar-refractivity contribution >= 4 is 17.7 Å². The summed E-state index contributed by atoms with van der Waals surface area (Å²) < 4.78 is 12.9. The van der Waals surface area contributed by atoms with Gasteiger partial charge < -0.3 is 25.7 Å². The number of rotatable bonds is 21. The zero-order valence-electron chi connectivity index (χ0n) is 29.1. The van der Waals surface area contributed by atoms with E-state index in [1.165, 1.54) is 9.80 Å². The number of likely N-dealkylation sites (N-methyl/N-ethyl adjacent to an activating group) is 2. The smallest absolute Gasteiger partial charge is 0.244 e. The lowest BCUT2D eigenvalue weighted by molar-refractivity contribution is -0.137. The summed E-state index contributed by atoms with van der Waals surface area (Å²) in [6.45, 7) is 1.82. The fourth-order valence-corrected chi connectivity index (χ4v) is 6.29. The highest BCUT2D eigenvalue weighted by atomic mass is 19.1. The van der Waals surface area contributed by atoms with Gasteiger partial charge in [-0.3, -0.25) is 19.3 Å². The molecule has 0 aromatic heterocycles. The molecule has 1 fully saturated rings. The number of alkyl halides is 1. The van der Waals surface area contributed by atoms with Gasteiger partial charge in [0.2, 0.25) is 17.7 Å². The number of hydrogen-bond donors (Lipinski definition) is 4. The minimum absolute atomic E-state index is 0.120. The summed E-state index contributed by atoms with van der Waals surface area (Å²) in [5, 5.41) is 27.9. The van der Waals surface area contributed by atoms with Crippen LogP contribution in [-0.2, 0) is 20.8 Å². The molecule has 1 aromatic carbocycles. The molecule has 6 unspecified atom stereocenters. The number of amides is 3. The first-order valence-corrected chi connectivity index (χ1v) is 17.4. The lowest BCUT2D eigenvalue weighted by Crippen LogP contribution is -2.57. The first-order chi connectivity index (χ1) is 23.0. The molecule has 0 spiro atoms. The van der Waals surface area contributed by atoms with Crippen molar-refractivity contribution in [2.45, 2.75) is 108 Å². The molecule has 0 heterocycles. The molecule has 0 saturated heterocycles. The van der Waals surface area contributed by atoms with E-state index in [1.807, 2.05) is 37.3 Å². The average molecular weight is 669 g/mol. The third-order valence-corrected chi connectivity index (χ3v) is 9.47. The molecular weight excluding hydrogens is 611 g/mol. The molecule has 1 aromatic rings. The third-order valence-electron chi connectivity index (χ3n) is 9.47. The van der Waals surface area contributed by atoms with Gasteiger partial charge in [0.1, 0.15) is 12.8 Å². The Morgan fingerprint density at radius 3 is 2.31 bits per heavy atom. The van der Waals surface area contributed by atoms with Gasteiger partial charge in [0.15, 0.2) is 0 Å². The molecule has 1 saturated carbocycles. The van der Waals surface area contributed by atoms with Gasteiger partial charge in [-0.05, 0) is 50.6 Å². The maximum Gasteiger partial charge on any atom is 0.244 e. The molecule has 266 valence electrons. The highest BCUT2D eigenvalue weighted by molar-refractivity contribution is 5.91. The van der Waals surface area contributed by atoms with Gasteiger partial charge in [0.05, 0.1) is 24.2 Å². The molecule has 0 radical (unpaired) electrons. The number of carbonyl (C=O) groups is 3. The van der Waals surface area contributed by atoms with Gasteiger partial charge >= 0.3 is 0 Å². The maximum atomic E-state index is 14.0. The summed E-state index contributed by atoms with van der Waals surface area (Å²) >= 11 is 0. The predicted octanol–water partition coefficient (Wildman–Crippen LogP) is 3.68. The van der Waals surface area contributed by atoms with Gasteiger partial charge in [-0.15, -0.1) is 24.7 Å². The highest BCUT2D eigenvalue weighted by Crippen LogP contribution is 2.29. The molecule has 1 aliphatic rings. The van der Waals surface area contributed by atoms with Gasteiger partial charge in [-0.2, -0.15) is 0 Å². The van der Waals surface area contributed by atoms with Crippen LogP contribution in [0.2, 0.25) is 0 Å². The molecule has 9 nitrogen and oxygen atoms in total. The van der Waals surface area contributed by atoms with Crippen molar-refractivity contribution in [1.29, 1.82) is 0 Å². The Balaban J connectivity index is 2.30. The first-order valence-electron chi connectivity index (χ1n) is 17.4.